The van der Waals surface area contributed by atoms with Gasteiger partial charge in [-0.05, 0) is 56.3 Å². The van der Waals surface area contributed by atoms with Crippen LogP contribution in [0.4, 0.5) is 13.2 Å². The van der Waals surface area contributed by atoms with Crippen LogP contribution >= 0.6 is 0 Å². The number of esters is 1. The molecule has 0 aliphatic rings. The average Bonchev–Trinajstić information content (AvgIpc) is 3.06. The fourth-order valence-electron chi connectivity index (χ4n) is 2.45. The fourth-order valence-corrected chi connectivity index (χ4v) is 2.45. The predicted octanol–water partition coefficient (Wildman–Crippen LogP) is 3.42. The van der Waals surface area contributed by atoms with Crippen LogP contribution in [0.3, 0.4) is 0 Å². The van der Waals surface area contributed by atoms with E-state index in [9.17, 15) is 22.8 Å². The van der Waals surface area contributed by atoms with Gasteiger partial charge in [0.15, 0.2) is 17.7 Å². The van der Waals surface area contributed by atoms with Crippen molar-refractivity contribution in [3.8, 4) is 5.69 Å². The maximum Gasteiger partial charge on any atom is 0.378 e. The van der Waals surface area contributed by atoms with Crippen LogP contribution in [0, 0.1) is 24.4 Å². The average molecular weight is 389 g/mol. The van der Waals surface area contributed by atoms with E-state index in [2.05, 4.69) is 10.1 Å². The fraction of sp³-hybridized carbons (Fsp3) is 0.158. The van der Waals surface area contributed by atoms with Gasteiger partial charge in [-0.15, -0.1) is 5.10 Å². The topological polar surface area (TPSA) is 74.1 Å². The Morgan fingerprint density at radius 3 is 2.36 bits per heavy atom. The second-order valence-electron chi connectivity index (χ2n) is 5.91. The highest BCUT2D eigenvalue weighted by molar-refractivity contribution is 6.00. The van der Waals surface area contributed by atoms with Crippen LogP contribution in [0.1, 0.15) is 33.7 Å². The number of aryl methyl sites for hydroxylation is 1. The lowest BCUT2D eigenvalue weighted by Crippen LogP contribution is -2.25. The van der Waals surface area contributed by atoms with E-state index < -0.39 is 35.3 Å². The van der Waals surface area contributed by atoms with E-state index >= 15 is 0 Å². The minimum Gasteiger partial charge on any atom is -0.448 e. The summed E-state index contributed by atoms with van der Waals surface area (Å²) in [6.45, 7) is 2.88. The second-order valence-corrected chi connectivity index (χ2v) is 5.91. The minimum absolute atomic E-state index is 0.139. The molecule has 144 valence electrons. The van der Waals surface area contributed by atoms with Gasteiger partial charge in [-0.25, -0.2) is 27.6 Å². The van der Waals surface area contributed by atoms with Crippen molar-refractivity contribution >= 4 is 11.8 Å². The summed E-state index contributed by atoms with van der Waals surface area (Å²) in [5, 5.41) is 4.01. The summed E-state index contributed by atoms with van der Waals surface area (Å²) in [7, 11) is 0. The summed E-state index contributed by atoms with van der Waals surface area (Å²) >= 11 is 0. The van der Waals surface area contributed by atoms with E-state index in [0.29, 0.717) is 11.5 Å². The molecule has 2 aromatic carbocycles. The van der Waals surface area contributed by atoms with Crippen LogP contribution in [0.5, 0.6) is 0 Å². The van der Waals surface area contributed by atoms with E-state index in [1.54, 1.807) is 6.92 Å². The van der Waals surface area contributed by atoms with Crippen LogP contribution in [-0.2, 0) is 4.74 Å². The van der Waals surface area contributed by atoms with Crippen molar-refractivity contribution in [2.75, 3.05) is 0 Å². The van der Waals surface area contributed by atoms with Gasteiger partial charge in [-0.3, -0.25) is 4.79 Å². The molecule has 0 saturated carbocycles. The molecule has 9 heteroatoms. The summed E-state index contributed by atoms with van der Waals surface area (Å²) in [6.07, 6.45) is -1.27. The summed E-state index contributed by atoms with van der Waals surface area (Å²) in [5.41, 5.74) is 0.344. The highest BCUT2D eigenvalue weighted by Crippen LogP contribution is 2.14. The normalized spacial score (nSPS) is 11.9. The molecule has 0 aliphatic carbocycles. The summed E-state index contributed by atoms with van der Waals surface area (Å²) < 4.78 is 45.7. The Bertz CT molecular complexity index is 1050. The SMILES string of the molecule is Cc1nc(C(=O)OC(C)C(=O)c2ccc(F)c(F)c2)nn1-c1ccc(F)cc1. The van der Waals surface area contributed by atoms with Gasteiger partial charge in [0.25, 0.3) is 5.82 Å². The van der Waals surface area contributed by atoms with E-state index in [4.69, 9.17) is 4.74 Å². The second kappa shape index (κ2) is 7.63. The van der Waals surface area contributed by atoms with Gasteiger partial charge in [0.05, 0.1) is 5.69 Å². The first kappa shape index (κ1) is 19.3. The molecule has 3 aromatic rings. The van der Waals surface area contributed by atoms with Crippen molar-refractivity contribution in [3.05, 3.63) is 77.1 Å². The maximum atomic E-state index is 13.3. The number of Topliss-reactive ketones (excluding diaryl/α,β-unsaturated/α-hetero) is 1. The zero-order chi connectivity index (χ0) is 20.4. The van der Waals surface area contributed by atoms with Crippen LogP contribution in [0.15, 0.2) is 42.5 Å². The van der Waals surface area contributed by atoms with Crippen LogP contribution in [-0.4, -0.2) is 32.6 Å². The Morgan fingerprint density at radius 2 is 1.71 bits per heavy atom. The molecule has 0 bridgehead atoms. The molecule has 0 saturated heterocycles. The van der Waals surface area contributed by atoms with E-state index in [1.165, 1.54) is 35.9 Å². The molecule has 0 radical (unpaired) electrons. The van der Waals surface area contributed by atoms with Crippen molar-refractivity contribution in [2.45, 2.75) is 20.0 Å². The lowest BCUT2D eigenvalue weighted by Gasteiger charge is -2.11. The van der Waals surface area contributed by atoms with Crippen molar-refractivity contribution in [1.29, 1.82) is 0 Å². The monoisotopic (exact) mass is 389 g/mol. The first-order valence-corrected chi connectivity index (χ1v) is 8.16. The summed E-state index contributed by atoms with van der Waals surface area (Å²) in [5.74, 6) is -4.32. The summed E-state index contributed by atoms with van der Waals surface area (Å²) in [4.78, 5) is 28.5. The molecule has 1 unspecified atom stereocenters. The number of carbonyl (C=O) groups is 2. The molecule has 1 atom stereocenters. The number of ketones is 1. The molecule has 1 heterocycles. The largest absolute Gasteiger partial charge is 0.448 e. The Hall–Kier alpha value is -3.49. The van der Waals surface area contributed by atoms with Gasteiger partial charge in [0.2, 0.25) is 5.78 Å². The van der Waals surface area contributed by atoms with Gasteiger partial charge in [-0.2, -0.15) is 0 Å². The number of hydrogen-bond acceptors (Lipinski definition) is 5. The lowest BCUT2D eigenvalue weighted by molar-refractivity contribution is 0.0307. The van der Waals surface area contributed by atoms with Crippen LogP contribution in [0.2, 0.25) is 0 Å². The third-order valence-electron chi connectivity index (χ3n) is 3.88. The number of aromatic nitrogens is 3. The Balaban J connectivity index is 1.75. The molecule has 0 amide bonds. The molecule has 1 aromatic heterocycles. The van der Waals surface area contributed by atoms with Crippen molar-refractivity contribution in [2.24, 2.45) is 0 Å². The van der Waals surface area contributed by atoms with Crippen LogP contribution < -0.4 is 0 Å². The van der Waals surface area contributed by atoms with E-state index in [1.807, 2.05) is 0 Å². The molecule has 0 N–H and O–H groups in total. The Labute approximate surface area is 157 Å². The first-order chi connectivity index (χ1) is 13.3. The van der Waals surface area contributed by atoms with Gasteiger partial charge in [-0.1, -0.05) is 0 Å². The van der Waals surface area contributed by atoms with Gasteiger partial charge < -0.3 is 4.74 Å². The smallest absolute Gasteiger partial charge is 0.378 e. The molecule has 0 spiro atoms. The van der Waals surface area contributed by atoms with Gasteiger partial charge in [0.1, 0.15) is 11.6 Å². The molecule has 3 rings (SSSR count). The molecular formula is C19H14F3N3O3. The molecule has 0 fully saturated rings. The van der Waals surface area contributed by atoms with Crippen LogP contribution in [0.25, 0.3) is 5.69 Å². The zero-order valence-corrected chi connectivity index (χ0v) is 14.8. The number of rotatable bonds is 5. The maximum absolute atomic E-state index is 13.3. The first-order valence-electron chi connectivity index (χ1n) is 8.16. The highest BCUT2D eigenvalue weighted by atomic mass is 19.2. The van der Waals surface area contributed by atoms with Gasteiger partial charge in [0, 0.05) is 5.56 Å². The number of carbonyl (C=O) groups excluding carboxylic acids is 2. The Morgan fingerprint density at radius 1 is 1.04 bits per heavy atom. The third-order valence-corrected chi connectivity index (χ3v) is 3.88. The predicted molar refractivity (Wildman–Crippen MR) is 91.6 cm³/mol. The molecular weight excluding hydrogens is 375 g/mol. The summed E-state index contributed by atoms with van der Waals surface area (Å²) in [6, 6.07) is 8.02. The number of halogens is 3. The van der Waals surface area contributed by atoms with Gasteiger partial charge >= 0.3 is 5.97 Å². The third kappa shape index (κ3) is 3.93. The highest BCUT2D eigenvalue weighted by Gasteiger charge is 2.24. The Kier molecular flexibility index (Phi) is 5.25. The van der Waals surface area contributed by atoms with Crippen molar-refractivity contribution < 1.29 is 27.5 Å². The molecule has 0 aliphatic heterocycles. The zero-order valence-electron chi connectivity index (χ0n) is 14.8. The minimum atomic E-state index is -1.27. The number of benzene rings is 2. The standard InChI is InChI=1S/C19H14F3N3O3/c1-10(17(26)12-3-8-15(21)16(22)9-12)28-19(27)18-23-11(2)25(24-18)14-6-4-13(20)5-7-14/h3-10H,1-2H3. The van der Waals surface area contributed by atoms with E-state index in [-0.39, 0.29) is 11.4 Å². The lowest BCUT2D eigenvalue weighted by atomic mass is 10.1. The van der Waals surface area contributed by atoms with Crippen molar-refractivity contribution in [1.82, 2.24) is 14.8 Å². The molecule has 28 heavy (non-hydrogen) atoms. The number of ether oxygens (including phenoxy) is 1. The molecule has 6 nitrogen and oxygen atoms in total. The number of nitrogens with zero attached hydrogens (tertiary/aromatic N) is 3. The van der Waals surface area contributed by atoms with Crippen molar-refractivity contribution in [3.63, 3.8) is 0 Å². The number of hydrogen-bond donors (Lipinski definition) is 0. The van der Waals surface area contributed by atoms with E-state index in [0.717, 1.165) is 18.2 Å². The quantitative estimate of drug-likeness (QED) is 0.494.